The van der Waals surface area contributed by atoms with Gasteiger partial charge in [0.1, 0.15) is 11.6 Å². The molecule has 2 aromatic carbocycles. The first kappa shape index (κ1) is 24.1. The molecule has 4 aromatic rings. The molecule has 192 valence electrons. The second kappa shape index (κ2) is 10.3. The minimum Gasteiger partial charge on any atom is -0.491 e. The van der Waals surface area contributed by atoms with Crippen LogP contribution in [0.25, 0.3) is 22.3 Å². The Bertz CT molecular complexity index is 1360. The third-order valence-electron chi connectivity index (χ3n) is 7.82. The summed E-state index contributed by atoms with van der Waals surface area (Å²) < 4.78 is 14.4. The van der Waals surface area contributed by atoms with Crippen LogP contribution in [0, 0.1) is 0 Å². The Kier molecular flexibility index (Phi) is 6.68. The quantitative estimate of drug-likeness (QED) is 0.284. The van der Waals surface area contributed by atoms with Gasteiger partial charge in [-0.3, -0.25) is 4.98 Å². The minimum absolute atomic E-state index is 0.0349. The lowest BCUT2D eigenvalue weighted by molar-refractivity contribution is -0.0913. The second-order valence-corrected chi connectivity index (χ2v) is 10.9. The van der Waals surface area contributed by atoms with Gasteiger partial charge in [0.15, 0.2) is 5.82 Å². The number of aryl methyl sites for hydroxylation is 2. The maximum absolute atomic E-state index is 6.35. The van der Waals surface area contributed by atoms with E-state index in [-0.39, 0.29) is 11.7 Å². The first-order valence-electron chi connectivity index (χ1n) is 13.8. The molecule has 2 fully saturated rings. The zero-order chi connectivity index (χ0) is 25.2. The molecule has 1 unspecified atom stereocenters. The zero-order valence-electron chi connectivity index (χ0n) is 21.9. The lowest BCUT2D eigenvalue weighted by atomic mass is 9.89. The average molecular weight is 497 g/mol. The predicted molar refractivity (Wildman–Crippen MR) is 146 cm³/mol. The summed E-state index contributed by atoms with van der Waals surface area (Å²) in [5, 5.41) is 6.24. The number of nitrogens with zero attached hydrogens (tertiary/aromatic N) is 4. The van der Waals surface area contributed by atoms with E-state index >= 15 is 0 Å². The Morgan fingerprint density at radius 1 is 1.05 bits per heavy atom. The summed E-state index contributed by atoms with van der Waals surface area (Å²) in [5.41, 5.74) is 3.35. The SMILES string of the molecule is CC(C)Oc1ccc(CCc2nc(-c3ccc4ncccc4c3)nn2C2CCOC3(CCCC3)C2)cc1. The van der Waals surface area contributed by atoms with E-state index in [4.69, 9.17) is 19.6 Å². The average Bonchev–Trinajstić information content (AvgIpc) is 3.55. The number of aromatic nitrogens is 4. The van der Waals surface area contributed by atoms with Gasteiger partial charge in [0, 0.05) is 30.2 Å². The highest BCUT2D eigenvalue weighted by Gasteiger charge is 2.41. The Balaban J connectivity index is 1.29. The Morgan fingerprint density at radius 2 is 1.89 bits per heavy atom. The molecule has 0 amide bonds. The van der Waals surface area contributed by atoms with Crippen molar-refractivity contribution >= 4 is 10.9 Å². The molecular weight excluding hydrogens is 460 g/mol. The summed E-state index contributed by atoms with van der Waals surface area (Å²) in [6, 6.07) is 19.2. The van der Waals surface area contributed by atoms with Crippen molar-refractivity contribution in [2.75, 3.05) is 6.61 Å². The van der Waals surface area contributed by atoms with Gasteiger partial charge in [-0.05, 0) is 87.9 Å². The van der Waals surface area contributed by atoms with E-state index in [0.29, 0.717) is 6.04 Å². The number of hydrogen-bond donors (Lipinski definition) is 0. The Hall–Kier alpha value is -3.25. The van der Waals surface area contributed by atoms with E-state index in [0.717, 1.165) is 66.2 Å². The van der Waals surface area contributed by atoms with Crippen LogP contribution in [0.4, 0.5) is 0 Å². The Morgan fingerprint density at radius 3 is 2.70 bits per heavy atom. The van der Waals surface area contributed by atoms with E-state index in [1.807, 2.05) is 12.3 Å². The molecule has 1 saturated heterocycles. The standard InChI is InChI=1S/C31H36N4O2/c1-22(2)37-27-11-7-23(8-12-27)9-14-29-33-30(25-10-13-28-24(20-25)6-5-18-32-28)34-35(29)26-15-19-36-31(21-26)16-3-4-17-31/h5-8,10-13,18,20,22,26H,3-4,9,14-17,19,21H2,1-2H3. The van der Waals surface area contributed by atoms with Crippen molar-refractivity contribution in [3.05, 3.63) is 72.2 Å². The molecule has 2 aromatic heterocycles. The van der Waals surface area contributed by atoms with Gasteiger partial charge in [-0.15, -0.1) is 0 Å². The summed E-state index contributed by atoms with van der Waals surface area (Å²) in [5.74, 6) is 2.77. The molecule has 6 rings (SSSR count). The maximum atomic E-state index is 6.35. The highest BCUT2D eigenvalue weighted by atomic mass is 16.5. The van der Waals surface area contributed by atoms with E-state index in [2.05, 4.69) is 72.0 Å². The highest BCUT2D eigenvalue weighted by molar-refractivity contribution is 5.83. The number of benzene rings is 2. The van der Waals surface area contributed by atoms with E-state index in [1.165, 1.54) is 31.2 Å². The van der Waals surface area contributed by atoms with Crippen molar-refractivity contribution < 1.29 is 9.47 Å². The number of pyridine rings is 1. The van der Waals surface area contributed by atoms with E-state index in [9.17, 15) is 0 Å². The molecular formula is C31H36N4O2. The van der Waals surface area contributed by atoms with Crippen LogP contribution in [-0.4, -0.2) is 38.1 Å². The van der Waals surface area contributed by atoms with E-state index in [1.54, 1.807) is 0 Å². The number of ether oxygens (including phenoxy) is 2. The lowest BCUT2D eigenvalue weighted by Gasteiger charge is -2.38. The van der Waals surface area contributed by atoms with E-state index < -0.39 is 0 Å². The molecule has 3 heterocycles. The summed E-state index contributed by atoms with van der Waals surface area (Å²) in [6.07, 6.45) is 10.7. The molecule has 1 atom stereocenters. The van der Waals surface area contributed by atoms with Crippen LogP contribution in [0.1, 0.15) is 69.8 Å². The van der Waals surface area contributed by atoms with Gasteiger partial charge < -0.3 is 9.47 Å². The molecule has 1 spiro atoms. The van der Waals surface area contributed by atoms with Crippen LogP contribution < -0.4 is 4.74 Å². The predicted octanol–water partition coefficient (Wildman–Crippen LogP) is 6.73. The fraction of sp³-hybridized carbons (Fsp3) is 0.452. The number of fused-ring (bicyclic) bond motifs is 1. The first-order chi connectivity index (χ1) is 18.1. The summed E-state index contributed by atoms with van der Waals surface area (Å²) in [6.45, 7) is 4.91. The van der Waals surface area contributed by atoms with Crippen molar-refractivity contribution in [2.45, 2.75) is 83.0 Å². The minimum atomic E-state index is 0.0349. The molecule has 37 heavy (non-hydrogen) atoms. The molecule has 2 aliphatic rings. The molecule has 1 aliphatic heterocycles. The largest absolute Gasteiger partial charge is 0.491 e. The maximum Gasteiger partial charge on any atom is 0.181 e. The van der Waals surface area contributed by atoms with Crippen LogP contribution in [0.3, 0.4) is 0 Å². The normalized spacial score (nSPS) is 19.2. The number of rotatable bonds is 7. The number of hydrogen-bond acceptors (Lipinski definition) is 5. The van der Waals surface area contributed by atoms with Crippen molar-refractivity contribution in [3.8, 4) is 17.1 Å². The van der Waals surface area contributed by atoms with Crippen LogP contribution in [0.5, 0.6) is 5.75 Å². The van der Waals surface area contributed by atoms with Crippen LogP contribution >= 0.6 is 0 Å². The van der Waals surface area contributed by atoms with Crippen molar-refractivity contribution in [1.82, 2.24) is 19.7 Å². The summed E-state index contributed by atoms with van der Waals surface area (Å²) in [4.78, 5) is 9.58. The smallest absolute Gasteiger partial charge is 0.181 e. The van der Waals surface area contributed by atoms with Gasteiger partial charge in [-0.25, -0.2) is 9.67 Å². The molecule has 6 nitrogen and oxygen atoms in total. The topological polar surface area (TPSA) is 62.1 Å². The van der Waals surface area contributed by atoms with Crippen molar-refractivity contribution in [2.24, 2.45) is 0 Å². The van der Waals surface area contributed by atoms with Gasteiger partial charge in [0.2, 0.25) is 0 Å². The molecule has 0 N–H and O–H groups in total. The van der Waals surface area contributed by atoms with Crippen LogP contribution in [-0.2, 0) is 17.6 Å². The van der Waals surface area contributed by atoms with Crippen LogP contribution in [0.15, 0.2) is 60.8 Å². The fourth-order valence-electron chi connectivity index (χ4n) is 6.00. The zero-order valence-corrected chi connectivity index (χ0v) is 21.9. The first-order valence-corrected chi connectivity index (χ1v) is 13.8. The van der Waals surface area contributed by atoms with Gasteiger partial charge in [-0.2, -0.15) is 5.10 Å². The second-order valence-electron chi connectivity index (χ2n) is 10.9. The van der Waals surface area contributed by atoms with Gasteiger partial charge in [-0.1, -0.05) is 31.0 Å². The van der Waals surface area contributed by atoms with Crippen molar-refractivity contribution in [1.29, 1.82) is 0 Å². The summed E-state index contributed by atoms with van der Waals surface area (Å²) >= 11 is 0. The third kappa shape index (κ3) is 5.26. The molecule has 1 aliphatic carbocycles. The third-order valence-corrected chi connectivity index (χ3v) is 7.82. The molecule has 6 heteroatoms. The lowest BCUT2D eigenvalue weighted by Crippen LogP contribution is -2.38. The molecule has 0 radical (unpaired) electrons. The van der Waals surface area contributed by atoms with Gasteiger partial charge in [0.05, 0.1) is 23.3 Å². The fourth-order valence-corrected chi connectivity index (χ4v) is 6.00. The molecule has 0 bridgehead atoms. The van der Waals surface area contributed by atoms with Gasteiger partial charge >= 0.3 is 0 Å². The van der Waals surface area contributed by atoms with Crippen molar-refractivity contribution in [3.63, 3.8) is 0 Å². The van der Waals surface area contributed by atoms with Crippen LogP contribution in [0.2, 0.25) is 0 Å². The molecule has 1 saturated carbocycles. The highest BCUT2D eigenvalue weighted by Crippen LogP contribution is 2.43. The summed E-state index contributed by atoms with van der Waals surface area (Å²) in [7, 11) is 0. The van der Waals surface area contributed by atoms with Gasteiger partial charge in [0.25, 0.3) is 0 Å². The monoisotopic (exact) mass is 496 g/mol. The Labute approximate surface area is 219 Å².